The second-order valence-electron chi connectivity index (χ2n) is 7.77. The molecule has 0 spiro atoms. The van der Waals surface area contributed by atoms with Gasteiger partial charge in [-0.3, -0.25) is 4.98 Å². The molecular formula is C25H21N5O3. The molecule has 0 unspecified atom stereocenters. The quantitative estimate of drug-likeness (QED) is 0.509. The molecule has 2 aliphatic rings. The summed E-state index contributed by atoms with van der Waals surface area (Å²) in [7, 11) is 3.31. The first-order valence-electron chi connectivity index (χ1n) is 10.6. The Labute approximate surface area is 190 Å². The highest BCUT2D eigenvalue weighted by Gasteiger charge is 2.42. The van der Waals surface area contributed by atoms with Crippen molar-refractivity contribution < 1.29 is 14.2 Å². The van der Waals surface area contributed by atoms with E-state index >= 15 is 0 Å². The Morgan fingerprint density at radius 2 is 1.94 bits per heavy atom. The number of methoxy groups -OCH3 is 2. The van der Waals surface area contributed by atoms with E-state index in [1.165, 1.54) is 0 Å². The lowest BCUT2D eigenvalue weighted by molar-refractivity contribution is 0.217. The molecule has 2 atom stereocenters. The fraction of sp³-hybridized carbons (Fsp3) is 0.160. The molecule has 2 aliphatic heterocycles. The topological polar surface area (TPSA) is 83.3 Å². The molecule has 4 heterocycles. The predicted molar refractivity (Wildman–Crippen MR) is 122 cm³/mol. The zero-order valence-electron chi connectivity index (χ0n) is 18.1. The first kappa shape index (κ1) is 19.4. The van der Waals surface area contributed by atoms with Crippen molar-refractivity contribution in [2.45, 2.75) is 12.1 Å². The van der Waals surface area contributed by atoms with Crippen LogP contribution < -0.4 is 19.5 Å². The predicted octanol–water partition coefficient (Wildman–Crippen LogP) is 4.25. The molecule has 0 saturated carbocycles. The third kappa shape index (κ3) is 3.02. The number of aromatic nitrogens is 4. The fourth-order valence-corrected chi connectivity index (χ4v) is 4.58. The van der Waals surface area contributed by atoms with Crippen molar-refractivity contribution in [3.63, 3.8) is 0 Å². The molecule has 0 amide bonds. The summed E-state index contributed by atoms with van der Waals surface area (Å²) in [4.78, 5) is 8.82. The van der Waals surface area contributed by atoms with Crippen molar-refractivity contribution >= 4 is 11.6 Å². The second-order valence-corrected chi connectivity index (χ2v) is 7.77. The van der Waals surface area contributed by atoms with Gasteiger partial charge in [0.25, 0.3) is 0 Å². The summed E-state index contributed by atoms with van der Waals surface area (Å²) in [5.74, 6) is 2.87. The Kier molecular flexibility index (Phi) is 4.50. The summed E-state index contributed by atoms with van der Waals surface area (Å²) in [5, 5.41) is 8.03. The first-order chi connectivity index (χ1) is 16.3. The molecule has 164 valence electrons. The van der Waals surface area contributed by atoms with Gasteiger partial charge in [-0.1, -0.05) is 18.2 Å². The Hall–Kier alpha value is -4.33. The minimum atomic E-state index is -0.463. The van der Waals surface area contributed by atoms with Crippen LogP contribution in [0.3, 0.4) is 0 Å². The molecule has 0 bridgehead atoms. The normalized spacial score (nSPS) is 18.4. The fourth-order valence-electron chi connectivity index (χ4n) is 4.58. The van der Waals surface area contributed by atoms with Crippen molar-refractivity contribution in [2.75, 3.05) is 19.5 Å². The number of ether oxygens (including phenoxy) is 3. The number of pyridine rings is 1. The van der Waals surface area contributed by atoms with Crippen LogP contribution in [0.1, 0.15) is 28.8 Å². The average molecular weight is 439 g/mol. The lowest BCUT2D eigenvalue weighted by Gasteiger charge is -2.39. The smallest absolute Gasteiger partial charge is 0.226 e. The van der Waals surface area contributed by atoms with Gasteiger partial charge in [-0.25, -0.2) is 4.68 Å². The van der Waals surface area contributed by atoms with Gasteiger partial charge < -0.3 is 19.5 Å². The largest absolute Gasteiger partial charge is 0.497 e. The number of nitrogens with zero attached hydrogens (tertiary/aromatic N) is 4. The van der Waals surface area contributed by atoms with Gasteiger partial charge in [0, 0.05) is 29.1 Å². The molecular weight excluding hydrogens is 418 g/mol. The van der Waals surface area contributed by atoms with E-state index in [1.807, 2.05) is 65.5 Å². The number of benzene rings is 2. The van der Waals surface area contributed by atoms with Crippen molar-refractivity contribution in [3.05, 3.63) is 95.6 Å². The van der Waals surface area contributed by atoms with Gasteiger partial charge in [0.15, 0.2) is 6.10 Å². The van der Waals surface area contributed by atoms with E-state index < -0.39 is 6.10 Å². The third-order valence-electron chi connectivity index (χ3n) is 6.04. The van der Waals surface area contributed by atoms with E-state index in [2.05, 4.69) is 20.4 Å². The van der Waals surface area contributed by atoms with E-state index in [0.29, 0.717) is 11.7 Å². The van der Waals surface area contributed by atoms with E-state index in [4.69, 9.17) is 14.2 Å². The summed E-state index contributed by atoms with van der Waals surface area (Å²) < 4.78 is 19.8. The maximum absolute atomic E-state index is 6.66. The van der Waals surface area contributed by atoms with Crippen LogP contribution in [0.2, 0.25) is 0 Å². The minimum absolute atomic E-state index is 0.276. The number of rotatable bonds is 4. The minimum Gasteiger partial charge on any atom is -0.497 e. The van der Waals surface area contributed by atoms with Crippen molar-refractivity contribution in [2.24, 2.45) is 0 Å². The Morgan fingerprint density at radius 3 is 2.76 bits per heavy atom. The number of anilines is 1. The number of hydrogen-bond acceptors (Lipinski definition) is 7. The van der Waals surface area contributed by atoms with Crippen molar-refractivity contribution in [1.29, 1.82) is 0 Å². The lowest BCUT2D eigenvalue weighted by Crippen LogP contribution is -2.32. The van der Waals surface area contributed by atoms with Crippen LogP contribution in [0.5, 0.6) is 17.2 Å². The maximum Gasteiger partial charge on any atom is 0.226 e. The van der Waals surface area contributed by atoms with Crippen LogP contribution in [0.4, 0.5) is 5.95 Å². The van der Waals surface area contributed by atoms with Crippen LogP contribution in [0.25, 0.3) is 5.70 Å². The van der Waals surface area contributed by atoms with E-state index in [-0.39, 0.29) is 6.04 Å². The van der Waals surface area contributed by atoms with Gasteiger partial charge in [-0.2, -0.15) is 10.1 Å². The van der Waals surface area contributed by atoms with Crippen LogP contribution in [-0.4, -0.2) is 34.0 Å². The molecule has 0 radical (unpaired) electrons. The Morgan fingerprint density at radius 1 is 1.03 bits per heavy atom. The number of para-hydroxylation sites is 1. The van der Waals surface area contributed by atoms with Gasteiger partial charge in [0.1, 0.15) is 29.6 Å². The van der Waals surface area contributed by atoms with Gasteiger partial charge in [-0.05, 0) is 42.0 Å². The van der Waals surface area contributed by atoms with Gasteiger partial charge >= 0.3 is 0 Å². The van der Waals surface area contributed by atoms with Gasteiger partial charge in [0.2, 0.25) is 5.95 Å². The van der Waals surface area contributed by atoms with Gasteiger partial charge in [0.05, 0.1) is 19.9 Å². The van der Waals surface area contributed by atoms with Crippen LogP contribution >= 0.6 is 0 Å². The van der Waals surface area contributed by atoms with Crippen molar-refractivity contribution in [1.82, 2.24) is 19.7 Å². The molecule has 8 heteroatoms. The van der Waals surface area contributed by atoms with Gasteiger partial charge in [-0.15, -0.1) is 0 Å². The molecule has 0 aliphatic carbocycles. The lowest BCUT2D eigenvalue weighted by atomic mass is 9.84. The van der Waals surface area contributed by atoms with E-state index in [0.717, 1.165) is 39.5 Å². The summed E-state index contributed by atoms with van der Waals surface area (Å²) in [5.41, 5.74) is 4.74. The first-order valence-corrected chi connectivity index (χ1v) is 10.6. The third-order valence-corrected chi connectivity index (χ3v) is 6.04. The highest BCUT2D eigenvalue weighted by Crippen LogP contribution is 2.52. The number of fused-ring (bicyclic) bond motifs is 3. The zero-order chi connectivity index (χ0) is 22.4. The second kappa shape index (κ2) is 7.67. The monoisotopic (exact) mass is 439 g/mol. The highest BCUT2D eigenvalue weighted by molar-refractivity contribution is 5.85. The molecule has 0 saturated heterocycles. The van der Waals surface area contributed by atoms with Crippen LogP contribution in [0, 0.1) is 0 Å². The standard InChI is InChI=1S/C25H21N5O3/c1-31-16-9-10-19(32-2)18(12-16)24-21-22(17-7-3-4-8-20(17)33-24)29-25-27-14-28-30(25)23(21)15-6-5-11-26-13-15/h3-14,23-24H,1-2H3,(H,27,28,29)/t23-,24+/m1/s1. The summed E-state index contributed by atoms with van der Waals surface area (Å²) >= 11 is 0. The SMILES string of the molecule is COc1ccc(OC)c([C@@H]2Oc3ccccc3C3=C2[C@@H](c2cccnc2)n2ncnc2N3)c1. The van der Waals surface area contributed by atoms with E-state index in [9.17, 15) is 0 Å². The number of hydrogen-bond donors (Lipinski definition) is 1. The number of nitrogens with one attached hydrogen (secondary N) is 1. The molecule has 33 heavy (non-hydrogen) atoms. The molecule has 2 aromatic heterocycles. The molecule has 0 fully saturated rings. The summed E-state index contributed by atoms with van der Waals surface area (Å²) in [6, 6.07) is 17.4. The summed E-state index contributed by atoms with van der Waals surface area (Å²) in [6.45, 7) is 0. The molecule has 8 nitrogen and oxygen atoms in total. The zero-order valence-corrected chi connectivity index (χ0v) is 18.1. The summed E-state index contributed by atoms with van der Waals surface area (Å²) in [6.07, 6.45) is 4.71. The Balaban J connectivity index is 1.64. The average Bonchev–Trinajstić information content (AvgIpc) is 3.35. The van der Waals surface area contributed by atoms with Crippen molar-refractivity contribution in [3.8, 4) is 17.2 Å². The van der Waals surface area contributed by atoms with Crippen LogP contribution in [-0.2, 0) is 0 Å². The van der Waals surface area contributed by atoms with E-state index in [1.54, 1.807) is 26.7 Å². The molecule has 2 aromatic carbocycles. The Bertz CT molecular complexity index is 1370. The molecule has 4 aromatic rings. The highest BCUT2D eigenvalue weighted by atomic mass is 16.5. The molecule has 6 rings (SSSR count). The maximum atomic E-state index is 6.66. The van der Waals surface area contributed by atoms with Crippen LogP contribution in [0.15, 0.2) is 78.9 Å². The molecule has 1 N–H and O–H groups in total.